The lowest BCUT2D eigenvalue weighted by Gasteiger charge is -2.13. The summed E-state index contributed by atoms with van der Waals surface area (Å²) in [5.41, 5.74) is 1.73. The molecular formula is C20H17F3N2O3. The SMILES string of the molecule is CCOc1ccc(-c2nc(-c3cccc4c3CC[C@@H]4O)no2)cc1C(F)(F)F. The van der Waals surface area contributed by atoms with Crippen LogP contribution in [-0.2, 0) is 12.6 Å². The molecule has 1 heterocycles. The number of rotatable bonds is 4. The van der Waals surface area contributed by atoms with Crippen LogP contribution in [0.4, 0.5) is 13.2 Å². The quantitative estimate of drug-likeness (QED) is 0.693. The second-order valence-electron chi connectivity index (χ2n) is 6.49. The standard InChI is InChI=1S/C20H17F3N2O3/c1-2-27-17-9-6-11(10-15(17)20(21,22)23)19-24-18(25-28-19)14-5-3-4-13-12(14)7-8-16(13)26/h3-6,9-10,16,26H,2,7-8H2,1H3/t16-/m0/s1. The van der Waals surface area contributed by atoms with Crippen molar-refractivity contribution in [1.82, 2.24) is 10.1 Å². The molecule has 5 nitrogen and oxygen atoms in total. The minimum atomic E-state index is -4.57. The summed E-state index contributed by atoms with van der Waals surface area (Å²) in [6, 6.07) is 9.10. The highest BCUT2D eigenvalue weighted by molar-refractivity contribution is 5.66. The summed E-state index contributed by atoms with van der Waals surface area (Å²) >= 11 is 0. The zero-order valence-electron chi connectivity index (χ0n) is 15.0. The Morgan fingerprint density at radius 3 is 2.82 bits per heavy atom. The van der Waals surface area contributed by atoms with E-state index >= 15 is 0 Å². The molecule has 28 heavy (non-hydrogen) atoms. The maximum atomic E-state index is 13.4. The van der Waals surface area contributed by atoms with Crippen LogP contribution < -0.4 is 4.74 Å². The average Bonchev–Trinajstić information content (AvgIpc) is 3.29. The molecule has 0 amide bonds. The molecule has 146 valence electrons. The fourth-order valence-electron chi connectivity index (χ4n) is 3.46. The summed E-state index contributed by atoms with van der Waals surface area (Å²) < 4.78 is 50.4. The number of aliphatic hydroxyl groups excluding tert-OH is 1. The first-order valence-corrected chi connectivity index (χ1v) is 8.87. The number of aliphatic hydroxyl groups is 1. The smallest absolute Gasteiger partial charge is 0.419 e. The number of ether oxygens (including phenoxy) is 1. The summed E-state index contributed by atoms with van der Waals surface area (Å²) in [6.45, 7) is 1.74. The van der Waals surface area contributed by atoms with Crippen molar-refractivity contribution in [2.45, 2.75) is 32.0 Å². The molecule has 1 aromatic heterocycles. The largest absolute Gasteiger partial charge is 0.493 e. The van der Waals surface area contributed by atoms with Crippen LogP contribution in [-0.4, -0.2) is 21.9 Å². The van der Waals surface area contributed by atoms with E-state index in [0.717, 1.165) is 17.2 Å². The number of fused-ring (bicyclic) bond motifs is 1. The van der Waals surface area contributed by atoms with Gasteiger partial charge in [0.15, 0.2) is 0 Å². The zero-order valence-corrected chi connectivity index (χ0v) is 15.0. The molecule has 0 saturated carbocycles. The summed E-state index contributed by atoms with van der Waals surface area (Å²) in [5.74, 6) is 0.0245. The summed E-state index contributed by atoms with van der Waals surface area (Å²) in [5, 5.41) is 14.0. The highest BCUT2D eigenvalue weighted by Gasteiger charge is 2.35. The van der Waals surface area contributed by atoms with Gasteiger partial charge in [-0.25, -0.2) is 0 Å². The number of hydrogen-bond acceptors (Lipinski definition) is 5. The van der Waals surface area contributed by atoms with Crippen molar-refractivity contribution in [2.75, 3.05) is 6.61 Å². The number of hydrogen-bond donors (Lipinski definition) is 1. The van der Waals surface area contributed by atoms with Crippen LogP contribution in [0.5, 0.6) is 5.75 Å². The maximum Gasteiger partial charge on any atom is 0.419 e. The Morgan fingerprint density at radius 2 is 2.07 bits per heavy atom. The Morgan fingerprint density at radius 1 is 1.25 bits per heavy atom. The summed E-state index contributed by atoms with van der Waals surface area (Å²) in [6.07, 6.45) is -3.80. The van der Waals surface area contributed by atoms with Crippen molar-refractivity contribution in [3.8, 4) is 28.6 Å². The third kappa shape index (κ3) is 3.24. The van der Waals surface area contributed by atoms with Gasteiger partial charge in [-0.1, -0.05) is 23.4 Å². The van der Waals surface area contributed by atoms with Crippen LogP contribution in [0.2, 0.25) is 0 Å². The predicted molar refractivity (Wildman–Crippen MR) is 94.6 cm³/mol. The zero-order chi connectivity index (χ0) is 19.9. The van der Waals surface area contributed by atoms with E-state index in [4.69, 9.17) is 9.26 Å². The van der Waals surface area contributed by atoms with Crippen LogP contribution in [0, 0.1) is 0 Å². The number of nitrogens with zero attached hydrogens (tertiary/aromatic N) is 2. The fraction of sp³-hybridized carbons (Fsp3) is 0.300. The van der Waals surface area contributed by atoms with E-state index in [1.54, 1.807) is 13.0 Å². The average molecular weight is 390 g/mol. The lowest BCUT2D eigenvalue weighted by molar-refractivity contribution is -0.138. The van der Waals surface area contributed by atoms with Gasteiger partial charge in [0.25, 0.3) is 5.89 Å². The van der Waals surface area contributed by atoms with Crippen LogP contribution in [0.15, 0.2) is 40.9 Å². The van der Waals surface area contributed by atoms with E-state index in [2.05, 4.69) is 10.1 Å². The van der Waals surface area contributed by atoms with E-state index in [1.165, 1.54) is 12.1 Å². The lowest BCUT2D eigenvalue weighted by atomic mass is 10.0. The van der Waals surface area contributed by atoms with Gasteiger partial charge in [0.1, 0.15) is 5.75 Å². The second-order valence-corrected chi connectivity index (χ2v) is 6.49. The van der Waals surface area contributed by atoms with E-state index in [-0.39, 0.29) is 29.6 Å². The summed E-state index contributed by atoms with van der Waals surface area (Å²) in [4.78, 5) is 4.28. The molecule has 0 bridgehead atoms. The van der Waals surface area contributed by atoms with E-state index in [1.807, 2.05) is 12.1 Å². The monoisotopic (exact) mass is 390 g/mol. The van der Waals surface area contributed by atoms with Crippen molar-refractivity contribution in [3.63, 3.8) is 0 Å². The third-order valence-electron chi connectivity index (χ3n) is 4.74. The minimum absolute atomic E-state index is 0.0142. The predicted octanol–water partition coefficient (Wildman–Crippen LogP) is 4.80. The normalized spacial score (nSPS) is 16.2. The van der Waals surface area contributed by atoms with Gasteiger partial charge in [0.2, 0.25) is 5.82 Å². The van der Waals surface area contributed by atoms with Crippen molar-refractivity contribution in [2.24, 2.45) is 0 Å². The van der Waals surface area contributed by atoms with Crippen molar-refractivity contribution >= 4 is 0 Å². The molecule has 0 fully saturated rings. The lowest BCUT2D eigenvalue weighted by Crippen LogP contribution is -2.08. The van der Waals surface area contributed by atoms with E-state index in [9.17, 15) is 18.3 Å². The number of aromatic nitrogens is 2. The van der Waals surface area contributed by atoms with Gasteiger partial charge in [-0.05, 0) is 49.1 Å². The molecule has 8 heteroatoms. The van der Waals surface area contributed by atoms with Gasteiger partial charge in [0, 0.05) is 11.1 Å². The molecule has 2 aromatic carbocycles. The van der Waals surface area contributed by atoms with Crippen LogP contribution in [0.1, 0.15) is 36.1 Å². The Bertz CT molecular complexity index is 1010. The molecule has 1 aliphatic carbocycles. The van der Waals surface area contributed by atoms with Gasteiger partial charge < -0.3 is 14.4 Å². The molecular weight excluding hydrogens is 373 g/mol. The van der Waals surface area contributed by atoms with E-state index in [0.29, 0.717) is 18.4 Å². The second kappa shape index (κ2) is 6.94. The molecule has 0 aliphatic heterocycles. The Kier molecular flexibility index (Phi) is 4.58. The number of alkyl halides is 3. The number of halogens is 3. The fourth-order valence-corrected chi connectivity index (χ4v) is 3.46. The van der Waals surface area contributed by atoms with Gasteiger partial charge in [0.05, 0.1) is 18.3 Å². The molecule has 0 spiro atoms. The van der Waals surface area contributed by atoms with Crippen molar-refractivity contribution in [3.05, 3.63) is 53.1 Å². The topological polar surface area (TPSA) is 68.4 Å². The maximum absolute atomic E-state index is 13.4. The first-order valence-electron chi connectivity index (χ1n) is 8.87. The van der Waals surface area contributed by atoms with Crippen molar-refractivity contribution in [1.29, 1.82) is 0 Å². The molecule has 1 N–H and O–H groups in total. The Balaban J connectivity index is 1.73. The van der Waals surface area contributed by atoms with Gasteiger partial charge in [-0.15, -0.1) is 0 Å². The molecule has 0 saturated heterocycles. The van der Waals surface area contributed by atoms with Crippen LogP contribution in [0.25, 0.3) is 22.8 Å². The first-order chi connectivity index (χ1) is 13.4. The molecule has 0 unspecified atom stereocenters. The van der Waals surface area contributed by atoms with Crippen LogP contribution in [0.3, 0.4) is 0 Å². The highest BCUT2D eigenvalue weighted by atomic mass is 19.4. The molecule has 1 aliphatic rings. The highest BCUT2D eigenvalue weighted by Crippen LogP contribution is 2.40. The molecule has 4 rings (SSSR count). The van der Waals surface area contributed by atoms with Crippen LogP contribution >= 0.6 is 0 Å². The molecule has 1 atom stereocenters. The third-order valence-corrected chi connectivity index (χ3v) is 4.74. The van der Waals surface area contributed by atoms with Crippen molar-refractivity contribution < 1.29 is 27.5 Å². The summed E-state index contributed by atoms with van der Waals surface area (Å²) in [7, 11) is 0. The molecule has 0 radical (unpaired) electrons. The molecule has 3 aromatic rings. The van der Waals surface area contributed by atoms with E-state index < -0.39 is 17.8 Å². The van der Waals surface area contributed by atoms with Gasteiger partial charge in [-0.2, -0.15) is 18.2 Å². The van der Waals surface area contributed by atoms with Gasteiger partial charge >= 0.3 is 6.18 Å². The minimum Gasteiger partial charge on any atom is -0.493 e. The van der Waals surface area contributed by atoms with Gasteiger partial charge in [-0.3, -0.25) is 0 Å². The number of benzene rings is 2. The Labute approximate surface area is 158 Å². The first kappa shape index (κ1) is 18.5. The Hall–Kier alpha value is -2.87.